The maximum Gasteiger partial charge on any atom is 0.265 e. The highest BCUT2D eigenvalue weighted by molar-refractivity contribution is 7.08. The third-order valence-corrected chi connectivity index (χ3v) is 3.89. The molecule has 124 valence electrons. The van der Waals surface area contributed by atoms with Crippen molar-refractivity contribution in [1.82, 2.24) is 25.1 Å². The van der Waals surface area contributed by atoms with Crippen molar-refractivity contribution in [3.63, 3.8) is 0 Å². The number of aryl methyl sites for hydroxylation is 1. The Kier molecular flexibility index (Phi) is 6.21. The second kappa shape index (κ2) is 8.37. The molecule has 2 aromatic rings. The minimum atomic E-state index is -0.127. The van der Waals surface area contributed by atoms with Crippen molar-refractivity contribution in [1.29, 1.82) is 0 Å². The SMILES string of the molecule is CCCc1nnsc1C(=O)NCCNc1cc(N(C)C)cnn1. The molecule has 0 saturated carbocycles. The number of hydrogen-bond donors (Lipinski definition) is 2. The summed E-state index contributed by atoms with van der Waals surface area (Å²) in [5.74, 6) is 0.551. The second-order valence-electron chi connectivity index (χ2n) is 5.17. The van der Waals surface area contributed by atoms with Gasteiger partial charge < -0.3 is 15.5 Å². The maximum absolute atomic E-state index is 12.1. The molecule has 0 fully saturated rings. The zero-order valence-electron chi connectivity index (χ0n) is 13.5. The van der Waals surface area contributed by atoms with Gasteiger partial charge in [0, 0.05) is 33.3 Å². The monoisotopic (exact) mass is 335 g/mol. The normalized spacial score (nSPS) is 10.4. The first-order valence-corrected chi connectivity index (χ1v) is 8.22. The van der Waals surface area contributed by atoms with Gasteiger partial charge in [-0.25, -0.2) is 0 Å². The zero-order chi connectivity index (χ0) is 16.7. The van der Waals surface area contributed by atoms with Crippen LogP contribution < -0.4 is 15.5 Å². The van der Waals surface area contributed by atoms with Crippen molar-refractivity contribution in [3.05, 3.63) is 22.8 Å². The van der Waals surface area contributed by atoms with Crippen LogP contribution in [0.1, 0.15) is 28.7 Å². The van der Waals surface area contributed by atoms with Crippen molar-refractivity contribution in [2.45, 2.75) is 19.8 Å². The lowest BCUT2D eigenvalue weighted by Crippen LogP contribution is -2.29. The Morgan fingerprint density at radius 3 is 2.87 bits per heavy atom. The van der Waals surface area contributed by atoms with Crippen LogP contribution in [-0.4, -0.2) is 52.9 Å². The Bertz CT molecular complexity index is 644. The van der Waals surface area contributed by atoms with Crippen LogP contribution in [0.5, 0.6) is 0 Å². The zero-order valence-corrected chi connectivity index (χ0v) is 14.4. The fourth-order valence-electron chi connectivity index (χ4n) is 1.92. The van der Waals surface area contributed by atoms with Gasteiger partial charge in [0.05, 0.1) is 17.6 Å². The van der Waals surface area contributed by atoms with Crippen molar-refractivity contribution < 1.29 is 4.79 Å². The number of anilines is 2. The molecule has 0 saturated heterocycles. The van der Waals surface area contributed by atoms with E-state index in [4.69, 9.17) is 0 Å². The van der Waals surface area contributed by atoms with Crippen LogP contribution >= 0.6 is 11.5 Å². The molecule has 0 atom stereocenters. The van der Waals surface area contributed by atoms with Crippen molar-refractivity contribution in [3.8, 4) is 0 Å². The molecule has 0 aromatic carbocycles. The fourth-order valence-corrected chi connectivity index (χ4v) is 2.54. The first-order chi connectivity index (χ1) is 11.1. The Morgan fingerprint density at radius 2 is 2.13 bits per heavy atom. The summed E-state index contributed by atoms with van der Waals surface area (Å²) in [5.41, 5.74) is 1.74. The van der Waals surface area contributed by atoms with Crippen molar-refractivity contribution >= 4 is 28.9 Å². The number of amides is 1. The topological polar surface area (TPSA) is 95.9 Å². The number of nitrogens with zero attached hydrogens (tertiary/aromatic N) is 5. The third kappa shape index (κ3) is 4.85. The first-order valence-electron chi connectivity index (χ1n) is 7.45. The number of hydrogen-bond acceptors (Lipinski definition) is 8. The summed E-state index contributed by atoms with van der Waals surface area (Å²) < 4.78 is 3.86. The quantitative estimate of drug-likeness (QED) is 0.700. The molecule has 0 bridgehead atoms. The summed E-state index contributed by atoms with van der Waals surface area (Å²) in [5, 5.41) is 17.9. The minimum Gasteiger partial charge on any atom is -0.376 e. The fraction of sp³-hybridized carbons (Fsp3) is 0.500. The molecule has 0 unspecified atom stereocenters. The van der Waals surface area contributed by atoms with E-state index in [2.05, 4.69) is 30.4 Å². The summed E-state index contributed by atoms with van der Waals surface area (Å²) in [7, 11) is 3.88. The molecule has 1 amide bonds. The number of rotatable bonds is 8. The van der Waals surface area contributed by atoms with Gasteiger partial charge in [0.25, 0.3) is 5.91 Å². The molecule has 2 N–H and O–H groups in total. The highest BCUT2D eigenvalue weighted by atomic mass is 32.1. The average Bonchev–Trinajstić information content (AvgIpc) is 3.00. The predicted octanol–water partition coefficient (Wildman–Crippen LogP) is 1.19. The predicted molar refractivity (Wildman–Crippen MR) is 91.1 cm³/mol. The summed E-state index contributed by atoms with van der Waals surface area (Å²) in [6.45, 7) is 3.09. The molecule has 0 radical (unpaired) electrons. The largest absolute Gasteiger partial charge is 0.376 e. The van der Waals surface area contributed by atoms with Gasteiger partial charge in [-0.3, -0.25) is 4.79 Å². The number of nitrogens with one attached hydrogen (secondary N) is 2. The number of carbonyl (C=O) groups excluding carboxylic acids is 1. The smallest absolute Gasteiger partial charge is 0.265 e. The number of carbonyl (C=O) groups is 1. The Hall–Kier alpha value is -2.29. The van der Waals surface area contributed by atoms with Gasteiger partial charge in [0.15, 0.2) is 5.82 Å². The van der Waals surface area contributed by atoms with Gasteiger partial charge in [0.1, 0.15) is 4.88 Å². The van der Waals surface area contributed by atoms with Gasteiger partial charge >= 0.3 is 0 Å². The Balaban J connectivity index is 1.80. The van der Waals surface area contributed by atoms with Crippen LogP contribution in [0.3, 0.4) is 0 Å². The molecule has 23 heavy (non-hydrogen) atoms. The van der Waals surface area contributed by atoms with E-state index in [9.17, 15) is 4.79 Å². The van der Waals surface area contributed by atoms with Gasteiger partial charge in [-0.1, -0.05) is 17.8 Å². The molecule has 2 rings (SSSR count). The van der Waals surface area contributed by atoms with Crippen LogP contribution in [0, 0.1) is 0 Å². The van der Waals surface area contributed by atoms with E-state index in [0.717, 1.165) is 35.8 Å². The molecular weight excluding hydrogens is 314 g/mol. The van der Waals surface area contributed by atoms with Crippen LogP contribution in [-0.2, 0) is 6.42 Å². The molecule has 9 heteroatoms. The van der Waals surface area contributed by atoms with Crippen molar-refractivity contribution in [2.24, 2.45) is 0 Å². The molecule has 0 aliphatic heterocycles. The maximum atomic E-state index is 12.1. The highest BCUT2D eigenvalue weighted by Crippen LogP contribution is 2.13. The van der Waals surface area contributed by atoms with Gasteiger partial charge in [0.2, 0.25) is 0 Å². The summed E-state index contributed by atoms with van der Waals surface area (Å²) >= 11 is 1.14. The van der Waals surface area contributed by atoms with Crippen LogP contribution in [0.2, 0.25) is 0 Å². The van der Waals surface area contributed by atoms with E-state index < -0.39 is 0 Å². The molecule has 2 heterocycles. The van der Waals surface area contributed by atoms with Crippen LogP contribution in [0.4, 0.5) is 11.5 Å². The Labute approximate surface area is 139 Å². The van der Waals surface area contributed by atoms with E-state index in [-0.39, 0.29) is 5.91 Å². The minimum absolute atomic E-state index is 0.127. The highest BCUT2D eigenvalue weighted by Gasteiger charge is 2.14. The first kappa shape index (κ1) is 17.1. The van der Waals surface area contributed by atoms with Crippen LogP contribution in [0.25, 0.3) is 0 Å². The molecule has 2 aromatic heterocycles. The average molecular weight is 335 g/mol. The third-order valence-electron chi connectivity index (χ3n) is 3.12. The van der Waals surface area contributed by atoms with Gasteiger partial charge in [-0.05, 0) is 18.0 Å². The second-order valence-corrected chi connectivity index (χ2v) is 5.93. The lowest BCUT2D eigenvalue weighted by atomic mass is 10.2. The van der Waals surface area contributed by atoms with E-state index in [0.29, 0.717) is 23.8 Å². The Morgan fingerprint density at radius 1 is 1.30 bits per heavy atom. The summed E-state index contributed by atoms with van der Waals surface area (Å²) in [4.78, 5) is 14.7. The van der Waals surface area contributed by atoms with Crippen LogP contribution in [0.15, 0.2) is 12.3 Å². The van der Waals surface area contributed by atoms with Crippen molar-refractivity contribution in [2.75, 3.05) is 37.4 Å². The van der Waals surface area contributed by atoms with Gasteiger partial charge in [-0.2, -0.15) is 5.10 Å². The molecule has 0 spiro atoms. The standard InChI is InChI=1S/C14H21N7OS/c1-4-5-11-13(23-20-18-11)14(22)16-7-6-15-12-8-10(21(2)3)9-17-19-12/h8-9H,4-7H2,1-3H3,(H,15,19)(H,16,22). The lowest BCUT2D eigenvalue weighted by Gasteiger charge is -2.12. The lowest BCUT2D eigenvalue weighted by molar-refractivity contribution is 0.0958. The van der Waals surface area contributed by atoms with E-state index in [1.54, 1.807) is 6.20 Å². The van der Waals surface area contributed by atoms with Gasteiger partial charge in [-0.15, -0.1) is 10.2 Å². The molecule has 0 aliphatic rings. The van der Waals surface area contributed by atoms with E-state index >= 15 is 0 Å². The summed E-state index contributed by atoms with van der Waals surface area (Å²) in [6, 6.07) is 1.90. The summed E-state index contributed by atoms with van der Waals surface area (Å²) in [6.07, 6.45) is 3.40. The van der Waals surface area contributed by atoms with E-state index in [1.807, 2.05) is 32.0 Å². The molecular formula is C14H21N7OS. The number of aromatic nitrogens is 4. The molecule has 8 nitrogen and oxygen atoms in total. The van der Waals surface area contributed by atoms with E-state index in [1.165, 1.54) is 0 Å². The molecule has 0 aliphatic carbocycles.